The van der Waals surface area contributed by atoms with E-state index in [1.165, 1.54) is 17.7 Å². The molecule has 3 aliphatic rings. The number of rotatable bonds is 8. The number of fused-ring (bicyclic) bond motifs is 4. The van der Waals surface area contributed by atoms with Crippen molar-refractivity contribution >= 4 is 17.5 Å². The van der Waals surface area contributed by atoms with E-state index in [4.69, 9.17) is 9.47 Å². The third kappa shape index (κ3) is 5.29. The van der Waals surface area contributed by atoms with Gasteiger partial charge in [0.1, 0.15) is 5.82 Å². The highest BCUT2D eigenvalue weighted by molar-refractivity contribution is 6.02. The van der Waals surface area contributed by atoms with E-state index in [9.17, 15) is 14.0 Å². The van der Waals surface area contributed by atoms with E-state index < -0.39 is 5.92 Å². The third-order valence-corrected chi connectivity index (χ3v) is 8.83. The Morgan fingerprint density at radius 3 is 2.38 bits per heavy atom. The predicted octanol–water partition coefficient (Wildman–Crippen LogP) is 4.01. The van der Waals surface area contributed by atoms with Crippen LogP contribution < -0.4 is 19.7 Å². The summed E-state index contributed by atoms with van der Waals surface area (Å²) in [6.45, 7) is 5.57. The molecule has 3 heterocycles. The number of carbonyl (C=O) groups is 2. The van der Waals surface area contributed by atoms with Crippen LogP contribution in [0.3, 0.4) is 0 Å². The number of halogens is 1. The molecule has 1 N–H and O–H groups in total. The molecule has 0 unspecified atom stereocenters. The van der Waals surface area contributed by atoms with Crippen LogP contribution in [0.25, 0.3) is 0 Å². The largest absolute Gasteiger partial charge is 0.493 e. The Bertz CT molecular complexity index is 1450. The minimum atomic E-state index is -0.571. The van der Waals surface area contributed by atoms with Gasteiger partial charge in [0.25, 0.3) is 5.91 Å². The van der Waals surface area contributed by atoms with Gasteiger partial charge >= 0.3 is 0 Å². The van der Waals surface area contributed by atoms with Crippen molar-refractivity contribution in [2.24, 2.45) is 0 Å². The molecule has 0 radical (unpaired) electrons. The summed E-state index contributed by atoms with van der Waals surface area (Å²) in [6, 6.07) is 17.9. The maximum atomic E-state index is 14.0. The summed E-state index contributed by atoms with van der Waals surface area (Å²) in [6.07, 6.45) is 1.57. The normalized spacial score (nSPS) is 19.9. The van der Waals surface area contributed by atoms with Crippen molar-refractivity contribution in [1.82, 2.24) is 15.1 Å². The van der Waals surface area contributed by atoms with Crippen LogP contribution in [-0.2, 0) is 11.2 Å². The fourth-order valence-electron chi connectivity index (χ4n) is 6.64. The van der Waals surface area contributed by atoms with Crippen LogP contribution in [0.5, 0.6) is 11.5 Å². The summed E-state index contributed by atoms with van der Waals surface area (Å²) in [5, 5.41) is 3.20. The number of methoxy groups -OCH3 is 2. The second kappa shape index (κ2) is 12.0. The average Bonchev–Trinajstić information content (AvgIpc) is 3.03. The lowest BCUT2D eigenvalue weighted by Gasteiger charge is -2.45. The number of hydrogen-bond acceptors (Lipinski definition) is 6. The lowest BCUT2D eigenvalue weighted by Crippen LogP contribution is -2.50. The van der Waals surface area contributed by atoms with Crippen LogP contribution >= 0.6 is 0 Å². The first-order chi connectivity index (χ1) is 20.5. The molecule has 3 aromatic carbocycles. The second-order valence-electron chi connectivity index (χ2n) is 11.1. The number of amides is 2. The van der Waals surface area contributed by atoms with Gasteiger partial charge in [0.05, 0.1) is 26.2 Å². The number of benzene rings is 3. The van der Waals surface area contributed by atoms with E-state index in [2.05, 4.69) is 21.2 Å². The second-order valence-corrected chi connectivity index (χ2v) is 11.1. The molecule has 3 aliphatic heterocycles. The van der Waals surface area contributed by atoms with E-state index in [0.717, 1.165) is 56.8 Å². The highest BCUT2D eigenvalue weighted by Gasteiger charge is 2.46. The molecule has 2 amide bonds. The van der Waals surface area contributed by atoms with Crippen molar-refractivity contribution < 1.29 is 23.5 Å². The van der Waals surface area contributed by atoms with Crippen LogP contribution in [0.4, 0.5) is 10.1 Å². The van der Waals surface area contributed by atoms with Gasteiger partial charge in [0.15, 0.2) is 11.5 Å². The molecule has 0 aromatic heterocycles. The number of carbonyl (C=O) groups excluding carboxylic acids is 2. The SMILES string of the molecule is COc1cc2c(cc1OC)[C@H](C(=O)NCCCN1CCN(c3ccc(F)cc3)CC1)[C@H]1c3ccccc3CCN1C2=O. The zero-order chi connectivity index (χ0) is 29.2. The molecule has 220 valence electrons. The molecule has 1 fully saturated rings. The van der Waals surface area contributed by atoms with E-state index >= 15 is 0 Å². The van der Waals surface area contributed by atoms with Gasteiger partial charge in [-0.1, -0.05) is 24.3 Å². The van der Waals surface area contributed by atoms with Gasteiger partial charge in [-0.15, -0.1) is 0 Å². The van der Waals surface area contributed by atoms with Gasteiger partial charge in [-0.2, -0.15) is 0 Å². The monoisotopic (exact) mass is 572 g/mol. The Kier molecular flexibility index (Phi) is 8.02. The highest BCUT2D eigenvalue weighted by Crippen LogP contribution is 2.48. The Morgan fingerprint density at radius 1 is 0.929 bits per heavy atom. The molecule has 1 saturated heterocycles. The molecule has 0 spiro atoms. The smallest absolute Gasteiger partial charge is 0.254 e. The molecule has 0 bridgehead atoms. The van der Waals surface area contributed by atoms with Crippen molar-refractivity contribution in [1.29, 1.82) is 0 Å². The number of hydrogen-bond donors (Lipinski definition) is 1. The van der Waals surface area contributed by atoms with E-state index in [1.807, 2.05) is 35.2 Å². The minimum Gasteiger partial charge on any atom is -0.493 e. The molecule has 0 saturated carbocycles. The number of nitrogens with zero attached hydrogens (tertiary/aromatic N) is 3. The Hall–Kier alpha value is -4.11. The minimum absolute atomic E-state index is 0.0886. The standard InChI is InChI=1S/C33H37FN4O4/c1-41-28-20-26-27(21-29(28)42-2)33(40)38-15-12-22-6-3-4-7-25(22)31(38)30(26)32(39)35-13-5-14-36-16-18-37(19-17-36)24-10-8-23(34)9-11-24/h3-4,6-11,20-21,30-31H,5,12-19H2,1-2H3,(H,35,39)/t30-,31+/m0/s1. The molecule has 0 aliphatic carbocycles. The Balaban J connectivity index is 1.15. The summed E-state index contributed by atoms with van der Waals surface area (Å²) in [7, 11) is 3.11. The molecular formula is C33H37FN4O4. The van der Waals surface area contributed by atoms with Crippen molar-refractivity contribution in [2.75, 3.05) is 64.9 Å². The first kappa shape index (κ1) is 28.0. The number of nitrogens with one attached hydrogen (secondary N) is 1. The average molecular weight is 573 g/mol. The van der Waals surface area contributed by atoms with Crippen LogP contribution in [0.15, 0.2) is 60.7 Å². The fraction of sp³-hybridized carbons (Fsp3) is 0.394. The molecule has 42 heavy (non-hydrogen) atoms. The fourth-order valence-corrected chi connectivity index (χ4v) is 6.64. The molecular weight excluding hydrogens is 535 g/mol. The molecule has 3 aromatic rings. The summed E-state index contributed by atoms with van der Waals surface area (Å²) in [5.74, 6) is -0.00312. The number of anilines is 1. The predicted molar refractivity (Wildman–Crippen MR) is 159 cm³/mol. The number of ether oxygens (including phenoxy) is 2. The van der Waals surface area contributed by atoms with Crippen molar-refractivity contribution in [3.05, 3.63) is 88.7 Å². The van der Waals surface area contributed by atoms with Crippen LogP contribution in [-0.4, -0.2) is 81.6 Å². The van der Waals surface area contributed by atoms with Gasteiger partial charge in [-0.25, -0.2) is 4.39 Å². The molecule has 8 nitrogen and oxygen atoms in total. The molecule has 2 atom stereocenters. The van der Waals surface area contributed by atoms with Crippen LogP contribution in [0, 0.1) is 5.82 Å². The third-order valence-electron chi connectivity index (χ3n) is 8.83. The summed E-state index contributed by atoms with van der Waals surface area (Å²) >= 11 is 0. The summed E-state index contributed by atoms with van der Waals surface area (Å²) in [5.41, 5.74) is 4.40. The maximum absolute atomic E-state index is 14.0. The summed E-state index contributed by atoms with van der Waals surface area (Å²) in [4.78, 5) is 34.2. The van der Waals surface area contributed by atoms with E-state index in [-0.39, 0.29) is 23.7 Å². The van der Waals surface area contributed by atoms with Crippen molar-refractivity contribution in [3.63, 3.8) is 0 Å². The Labute approximate surface area is 246 Å². The van der Waals surface area contributed by atoms with Crippen molar-refractivity contribution in [2.45, 2.75) is 24.8 Å². The Morgan fingerprint density at radius 2 is 1.64 bits per heavy atom. The molecule has 9 heteroatoms. The zero-order valence-corrected chi connectivity index (χ0v) is 24.1. The highest BCUT2D eigenvalue weighted by atomic mass is 19.1. The van der Waals surface area contributed by atoms with E-state index in [0.29, 0.717) is 35.7 Å². The van der Waals surface area contributed by atoms with Gasteiger partial charge in [0, 0.05) is 50.5 Å². The van der Waals surface area contributed by atoms with Crippen molar-refractivity contribution in [3.8, 4) is 11.5 Å². The maximum Gasteiger partial charge on any atom is 0.254 e. The summed E-state index contributed by atoms with van der Waals surface area (Å²) < 4.78 is 24.3. The van der Waals surface area contributed by atoms with Gasteiger partial charge in [0.2, 0.25) is 5.91 Å². The topological polar surface area (TPSA) is 74.4 Å². The van der Waals surface area contributed by atoms with Crippen LogP contribution in [0.2, 0.25) is 0 Å². The van der Waals surface area contributed by atoms with E-state index in [1.54, 1.807) is 26.4 Å². The molecule has 6 rings (SSSR count). The quantitative estimate of drug-likeness (QED) is 0.412. The first-order valence-corrected chi connectivity index (χ1v) is 14.6. The van der Waals surface area contributed by atoms with Crippen LogP contribution in [0.1, 0.15) is 45.4 Å². The van der Waals surface area contributed by atoms with Gasteiger partial charge < -0.3 is 24.6 Å². The lowest BCUT2D eigenvalue weighted by atomic mass is 9.75. The lowest BCUT2D eigenvalue weighted by molar-refractivity contribution is -0.124. The van der Waals surface area contributed by atoms with Gasteiger partial charge in [-0.05, 0) is 72.5 Å². The van der Waals surface area contributed by atoms with Gasteiger partial charge in [-0.3, -0.25) is 14.5 Å². The zero-order valence-electron chi connectivity index (χ0n) is 24.1. The number of piperazine rings is 1. The first-order valence-electron chi connectivity index (χ1n) is 14.6.